The maximum absolute atomic E-state index is 12.5. The van der Waals surface area contributed by atoms with Crippen LogP contribution < -0.4 is 5.32 Å². The molecule has 0 bridgehead atoms. The third-order valence-corrected chi connectivity index (χ3v) is 2.90. The van der Waals surface area contributed by atoms with Crippen LogP contribution >= 0.6 is 11.6 Å². The molecule has 0 heterocycles. The van der Waals surface area contributed by atoms with Gasteiger partial charge in [-0.25, -0.2) is 0 Å². The number of halogens is 4. The van der Waals surface area contributed by atoms with E-state index in [0.717, 1.165) is 18.6 Å². The van der Waals surface area contributed by atoms with E-state index in [1.807, 2.05) is 6.92 Å². The van der Waals surface area contributed by atoms with Crippen LogP contribution in [0.3, 0.4) is 0 Å². The summed E-state index contributed by atoms with van der Waals surface area (Å²) in [7, 11) is 0. The van der Waals surface area contributed by atoms with Gasteiger partial charge in [-0.2, -0.15) is 13.2 Å². The highest BCUT2D eigenvalue weighted by molar-refractivity contribution is 6.18. The molecule has 96 valence electrons. The lowest BCUT2D eigenvalue weighted by Crippen LogP contribution is -2.29. The predicted octanol–water partition coefficient (Wildman–Crippen LogP) is 3.81. The molecule has 1 nitrogen and oxygen atoms in total. The molecule has 0 radical (unpaired) electrons. The maximum atomic E-state index is 12.5. The topological polar surface area (TPSA) is 12.0 Å². The number of hydrogen-bond acceptors (Lipinski definition) is 1. The van der Waals surface area contributed by atoms with Gasteiger partial charge in [-0.15, -0.1) is 11.6 Å². The van der Waals surface area contributed by atoms with E-state index in [-0.39, 0.29) is 6.04 Å². The van der Waals surface area contributed by atoms with Gasteiger partial charge >= 0.3 is 6.18 Å². The average molecular weight is 266 g/mol. The van der Waals surface area contributed by atoms with Gasteiger partial charge in [0, 0.05) is 18.5 Å². The summed E-state index contributed by atoms with van der Waals surface area (Å²) in [4.78, 5) is 0. The highest BCUT2D eigenvalue weighted by Gasteiger charge is 2.30. The van der Waals surface area contributed by atoms with Gasteiger partial charge < -0.3 is 5.32 Å². The Kier molecular flexibility index (Phi) is 5.28. The second-order valence-corrected chi connectivity index (χ2v) is 4.15. The molecule has 0 aliphatic carbocycles. The number of benzene rings is 1. The molecular weight excluding hydrogens is 251 g/mol. The van der Waals surface area contributed by atoms with Gasteiger partial charge in [-0.3, -0.25) is 0 Å². The highest BCUT2D eigenvalue weighted by Crippen LogP contribution is 2.29. The predicted molar refractivity (Wildman–Crippen MR) is 63.1 cm³/mol. The summed E-state index contributed by atoms with van der Waals surface area (Å²) in [5.74, 6) is 0.454. The van der Waals surface area contributed by atoms with Gasteiger partial charge in [0.1, 0.15) is 0 Å². The van der Waals surface area contributed by atoms with Crippen molar-refractivity contribution in [1.29, 1.82) is 0 Å². The Labute approximate surface area is 104 Å². The van der Waals surface area contributed by atoms with Crippen LogP contribution in [0.2, 0.25) is 0 Å². The SMILES string of the molecule is CCC(CCl)NCc1cccc(C(F)(F)F)c1. The van der Waals surface area contributed by atoms with Gasteiger partial charge in [0.25, 0.3) is 0 Å². The zero-order valence-corrected chi connectivity index (χ0v) is 10.3. The van der Waals surface area contributed by atoms with Crippen molar-refractivity contribution in [3.8, 4) is 0 Å². The molecular formula is C12H15ClF3N. The fourth-order valence-electron chi connectivity index (χ4n) is 1.43. The van der Waals surface area contributed by atoms with Crippen LogP contribution in [-0.2, 0) is 12.7 Å². The van der Waals surface area contributed by atoms with E-state index in [9.17, 15) is 13.2 Å². The first-order valence-corrected chi connectivity index (χ1v) is 5.96. The standard InChI is InChI=1S/C12H15ClF3N/c1-2-11(7-13)17-8-9-4-3-5-10(6-9)12(14,15)16/h3-6,11,17H,2,7-8H2,1H3. The monoisotopic (exact) mass is 265 g/mol. The molecule has 0 saturated heterocycles. The second kappa shape index (κ2) is 6.26. The molecule has 1 aromatic carbocycles. The minimum Gasteiger partial charge on any atom is -0.309 e. The molecule has 17 heavy (non-hydrogen) atoms. The van der Waals surface area contributed by atoms with Gasteiger partial charge in [0.05, 0.1) is 5.56 Å². The summed E-state index contributed by atoms with van der Waals surface area (Å²) in [6.45, 7) is 2.38. The second-order valence-electron chi connectivity index (χ2n) is 3.84. The van der Waals surface area contributed by atoms with Crippen molar-refractivity contribution in [2.45, 2.75) is 32.1 Å². The van der Waals surface area contributed by atoms with Gasteiger partial charge in [-0.05, 0) is 18.1 Å². The maximum Gasteiger partial charge on any atom is 0.416 e. The Balaban J connectivity index is 2.66. The average Bonchev–Trinajstić information content (AvgIpc) is 2.30. The molecule has 5 heteroatoms. The van der Waals surface area contributed by atoms with Crippen LogP contribution in [0.4, 0.5) is 13.2 Å². The summed E-state index contributed by atoms with van der Waals surface area (Å²) >= 11 is 5.70. The van der Waals surface area contributed by atoms with Gasteiger partial charge in [0.2, 0.25) is 0 Å². The number of alkyl halides is 4. The molecule has 0 aliphatic heterocycles. The van der Waals surface area contributed by atoms with Crippen LogP contribution in [0.1, 0.15) is 24.5 Å². The molecule has 1 aromatic rings. The van der Waals surface area contributed by atoms with Crippen LogP contribution in [0.5, 0.6) is 0 Å². The van der Waals surface area contributed by atoms with E-state index < -0.39 is 11.7 Å². The molecule has 1 N–H and O–H groups in total. The van der Waals surface area contributed by atoms with Crippen LogP contribution in [0, 0.1) is 0 Å². The molecule has 0 aromatic heterocycles. The van der Waals surface area contributed by atoms with E-state index in [4.69, 9.17) is 11.6 Å². The van der Waals surface area contributed by atoms with E-state index >= 15 is 0 Å². The first-order valence-electron chi connectivity index (χ1n) is 5.42. The first kappa shape index (κ1) is 14.3. The summed E-state index contributed by atoms with van der Waals surface area (Å²) in [6.07, 6.45) is -3.44. The molecule has 0 aliphatic rings. The quantitative estimate of drug-likeness (QED) is 0.799. The summed E-state index contributed by atoms with van der Waals surface area (Å²) in [5.41, 5.74) is -0.000821. The Hall–Kier alpha value is -0.740. The molecule has 0 amide bonds. The summed E-state index contributed by atoms with van der Waals surface area (Å²) in [6, 6.07) is 5.45. The Morgan fingerprint density at radius 3 is 2.59 bits per heavy atom. The largest absolute Gasteiger partial charge is 0.416 e. The minimum absolute atomic E-state index is 0.131. The third-order valence-electron chi connectivity index (χ3n) is 2.53. The summed E-state index contributed by atoms with van der Waals surface area (Å²) < 4.78 is 37.4. The van der Waals surface area contributed by atoms with Crippen LogP contribution in [0.25, 0.3) is 0 Å². The highest BCUT2D eigenvalue weighted by atomic mass is 35.5. The lowest BCUT2D eigenvalue weighted by Gasteiger charge is -2.14. The van der Waals surface area contributed by atoms with Crippen molar-refractivity contribution in [3.63, 3.8) is 0 Å². The molecule has 0 fully saturated rings. The normalized spacial score (nSPS) is 13.7. The van der Waals surface area contributed by atoms with Crippen LogP contribution in [0.15, 0.2) is 24.3 Å². The Morgan fingerprint density at radius 1 is 1.35 bits per heavy atom. The smallest absolute Gasteiger partial charge is 0.309 e. The van der Waals surface area contributed by atoms with Crippen LogP contribution in [-0.4, -0.2) is 11.9 Å². The lowest BCUT2D eigenvalue weighted by molar-refractivity contribution is -0.137. The van der Waals surface area contributed by atoms with Crippen molar-refractivity contribution in [1.82, 2.24) is 5.32 Å². The zero-order valence-electron chi connectivity index (χ0n) is 9.52. The fourth-order valence-corrected chi connectivity index (χ4v) is 1.76. The van der Waals surface area contributed by atoms with Crippen molar-refractivity contribution < 1.29 is 13.2 Å². The third kappa shape index (κ3) is 4.56. The van der Waals surface area contributed by atoms with Crippen molar-refractivity contribution in [2.75, 3.05) is 5.88 Å². The fraction of sp³-hybridized carbons (Fsp3) is 0.500. The van der Waals surface area contributed by atoms with E-state index in [1.165, 1.54) is 6.07 Å². The lowest BCUT2D eigenvalue weighted by atomic mass is 10.1. The van der Waals surface area contributed by atoms with E-state index in [2.05, 4.69) is 5.32 Å². The number of rotatable bonds is 5. The summed E-state index contributed by atoms with van der Waals surface area (Å²) in [5, 5.41) is 3.11. The Morgan fingerprint density at radius 2 is 2.06 bits per heavy atom. The van der Waals surface area contributed by atoms with Crippen molar-refractivity contribution in [2.24, 2.45) is 0 Å². The minimum atomic E-state index is -4.29. The molecule has 1 rings (SSSR count). The molecule has 1 atom stereocenters. The van der Waals surface area contributed by atoms with Crippen molar-refractivity contribution >= 4 is 11.6 Å². The van der Waals surface area contributed by atoms with Crippen molar-refractivity contribution in [3.05, 3.63) is 35.4 Å². The molecule has 1 unspecified atom stereocenters. The first-order chi connectivity index (χ1) is 7.97. The zero-order chi connectivity index (χ0) is 12.9. The van der Waals surface area contributed by atoms with Gasteiger partial charge in [0.15, 0.2) is 0 Å². The van der Waals surface area contributed by atoms with E-state index in [1.54, 1.807) is 6.07 Å². The van der Waals surface area contributed by atoms with Gasteiger partial charge in [-0.1, -0.05) is 25.1 Å². The van der Waals surface area contributed by atoms with E-state index in [0.29, 0.717) is 18.0 Å². The molecule has 0 spiro atoms. The Bertz CT molecular complexity index is 348. The number of hydrogen-bond donors (Lipinski definition) is 1. The molecule has 0 saturated carbocycles. The number of nitrogens with one attached hydrogen (secondary N) is 1.